The van der Waals surface area contributed by atoms with Crippen LogP contribution in [0.15, 0.2) is 17.8 Å². The standard InChI is InChI=1S/C10H12N8S/c1-18-5-13-7(17-18)4-12-8-6-2-3-19-9(6)15-10(14-8)16-11/h2-3,5H,4,11H2,1H3,(H2,12,14,15,16). The lowest BCUT2D eigenvalue weighted by atomic mass is 10.4. The zero-order valence-electron chi connectivity index (χ0n) is 10.2. The van der Waals surface area contributed by atoms with Crippen LogP contribution in [0, 0.1) is 0 Å². The fourth-order valence-electron chi connectivity index (χ4n) is 1.68. The molecule has 3 aromatic rings. The minimum atomic E-state index is 0.381. The molecule has 98 valence electrons. The lowest BCUT2D eigenvalue weighted by Gasteiger charge is -2.06. The topological polar surface area (TPSA) is 107 Å². The van der Waals surface area contributed by atoms with E-state index in [1.807, 2.05) is 18.5 Å². The van der Waals surface area contributed by atoms with Gasteiger partial charge in [0.25, 0.3) is 0 Å². The second-order valence-electron chi connectivity index (χ2n) is 3.87. The number of hydrazine groups is 1. The Labute approximate surface area is 112 Å². The van der Waals surface area contributed by atoms with Crippen LogP contribution < -0.4 is 16.6 Å². The fraction of sp³-hybridized carbons (Fsp3) is 0.200. The van der Waals surface area contributed by atoms with E-state index in [0.717, 1.165) is 10.2 Å². The molecule has 0 fully saturated rings. The molecule has 0 amide bonds. The molecule has 0 aliphatic heterocycles. The maximum atomic E-state index is 5.36. The third-order valence-electron chi connectivity index (χ3n) is 2.52. The Morgan fingerprint density at radius 3 is 3.05 bits per heavy atom. The number of nitrogens with zero attached hydrogens (tertiary/aromatic N) is 5. The van der Waals surface area contributed by atoms with Gasteiger partial charge in [0.15, 0.2) is 5.82 Å². The predicted molar refractivity (Wildman–Crippen MR) is 73.6 cm³/mol. The molecule has 4 N–H and O–H groups in total. The van der Waals surface area contributed by atoms with Gasteiger partial charge < -0.3 is 5.32 Å². The van der Waals surface area contributed by atoms with E-state index in [4.69, 9.17) is 5.84 Å². The SMILES string of the molecule is Cn1cnc(CNc2nc(NN)nc3sccc23)n1. The Kier molecular flexibility index (Phi) is 2.97. The summed E-state index contributed by atoms with van der Waals surface area (Å²) in [4.78, 5) is 13.6. The zero-order valence-corrected chi connectivity index (χ0v) is 11.0. The molecular weight excluding hydrogens is 264 g/mol. The Balaban J connectivity index is 1.88. The molecule has 8 nitrogen and oxygen atoms in total. The first-order valence-corrected chi connectivity index (χ1v) is 6.44. The highest BCUT2D eigenvalue weighted by Crippen LogP contribution is 2.26. The van der Waals surface area contributed by atoms with E-state index in [1.165, 1.54) is 11.3 Å². The first-order valence-electron chi connectivity index (χ1n) is 5.56. The van der Waals surface area contributed by atoms with E-state index in [9.17, 15) is 0 Å². The summed E-state index contributed by atoms with van der Waals surface area (Å²) in [6, 6.07) is 1.97. The molecule has 3 rings (SSSR count). The van der Waals surface area contributed by atoms with E-state index >= 15 is 0 Å². The highest BCUT2D eigenvalue weighted by Gasteiger charge is 2.09. The Hall–Kier alpha value is -2.26. The summed E-state index contributed by atoms with van der Waals surface area (Å²) < 4.78 is 1.66. The van der Waals surface area contributed by atoms with Crippen molar-refractivity contribution in [2.75, 3.05) is 10.7 Å². The zero-order chi connectivity index (χ0) is 13.2. The summed E-state index contributed by atoms with van der Waals surface area (Å²) >= 11 is 1.53. The Morgan fingerprint density at radius 1 is 1.42 bits per heavy atom. The first-order chi connectivity index (χ1) is 9.26. The van der Waals surface area contributed by atoms with E-state index < -0.39 is 0 Å². The number of nitrogens with one attached hydrogen (secondary N) is 2. The van der Waals surface area contributed by atoms with Gasteiger partial charge in [0.05, 0.1) is 11.9 Å². The number of nitrogens with two attached hydrogens (primary N) is 1. The molecular formula is C10H12N8S. The number of thiophene rings is 1. The van der Waals surface area contributed by atoms with Crippen LogP contribution in [0.1, 0.15) is 5.82 Å². The van der Waals surface area contributed by atoms with Gasteiger partial charge in [-0.05, 0) is 11.4 Å². The average molecular weight is 276 g/mol. The number of hydrogen-bond acceptors (Lipinski definition) is 8. The van der Waals surface area contributed by atoms with Crippen molar-refractivity contribution in [3.63, 3.8) is 0 Å². The maximum absolute atomic E-state index is 5.36. The minimum absolute atomic E-state index is 0.381. The molecule has 0 atom stereocenters. The van der Waals surface area contributed by atoms with Crippen molar-refractivity contribution < 1.29 is 0 Å². The van der Waals surface area contributed by atoms with Crippen molar-refractivity contribution in [2.24, 2.45) is 12.9 Å². The Bertz CT molecular complexity index is 702. The molecule has 0 saturated heterocycles. The van der Waals surface area contributed by atoms with Crippen LogP contribution >= 0.6 is 11.3 Å². The molecule has 0 unspecified atom stereocenters. The van der Waals surface area contributed by atoms with Crippen LogP contribution in [0.5, 0.6) is 0 Å². The first kappa shape index (κ1) is 11.8. The number of nitrogen functional groups attached to an aromatic ring is 1. The smallest absolute Gasteiger partial charge is 0.240 e. The summed E-state index contributed by atoms with van der Waals surface area (Å²) in [5.74, 6) is 7.16. The van der Waals surface area contributed by atoms with E-state index in [0.29, 0.717) is 24.1 Å². The molecule has 3 aromatic heterocycles. The highest BCUT2D eigenvalue weighted by atomic mass is 32.1. The summed E-state index contributed by atoms with van der Waals surface area (Å²) in [5, 5.41) is 10.3. The summed E-state index contributed by atoms with van der Waals surface area (Å²) in [7, 11) is 1.83. The normalized spacial score (nSPS) is 10.8. The molecule has 19 heavy (non-hydrogen) atoms. The second-order valence-corrected chi connectivity index (χ2v) is 4.76. The fourth-order valence-corrected chi connectivity index (χ4v) is 2.45. The quantitative estimate of drug-likeness (QED) is 0.476. The van der Waals surface area contributed by atoms with Gasteiger partial charge >= 0.3 is 0 Å². The van der Waals surface area contributed by atoms with E-state index in [2.05, 4.69) is 30.8 Å². The average Bonchev–Trinajstić information content (AvgIpc) is 3.04. The number of fused-ring (bicyclic) bond motifs is 1. The second kappa shape index (κ2) is 4.78. The number of aromatic nitrogens is 5. The van der Waals surface area contributed by atoms with Gasteiger partial charge in [-0.1, -0.05) is 0 Å². The third-order valence-corrected chi connectivity index (χ3v) is 3.32. The van der Waals surface area contributed by atoms with Crippen molar-refractivity contribution >= 4 is 33.3 Å². The van der Waals surface area contributed by atoms with E-state index in [-0.39, 0.29) is 0 Å². The van der Waals surface area contributed by atoms with Crippen LogP contribution in [0.3, 0.4) is 0 Å². The monoisotopic (exact) mass is 276 g/mol. The largest absolute Gasteiger partial charge is 0.362 e. The lowest BCUT2D eigenvalue weighted by Crippen LogP contribution is -2.12. The van der Waals surface area contributed by atoms with Crippen LogP contribution in [0.2, 0.25) is 0 Å². The van der Waals surface area contributed by atoms with Crippen LogP contribution in [-0.2, 0) is 13.6 Å². The molecule has 0 radical (unpaired) electrons. The van der Waals surface area contributed by atoms with Crippen LogP contribution in [-0.4, -0.2) is 24.7 Å². The van der Waals surface area contributed by atoms with E-state index in [1.54, 1.807) is 11.0 Å². The Morgan fingerprint density at radius 2 is 2.32 bits per heavy atom. The molecule has 3 heterocycles. The van der Waals surface area contributed by atoms with Crippen LogP contribution in [0.25, 0.3) is 10.2 Å². The van der Waals surface area contributed by atoms with Gasteiger partial charge in [-0.15, -0.1) is 11.3 Å². The molecule has 9 heteroatoms. The molecule has 0 aliphatic carbocycles. The predicted octanol–water partition coefficient (Wildman–Crippen LogP) is 0.717. The van der Waals surface area contributed by atoms with Gasteiger partial charge in [-0.2, -0.15) is 10.1 Å². The highest BCUT2D eigenvalue weighted by molar-refractivity contribution is 7.16. The molecule has 0 aliphatic rings. The molecule has 0 aromatic carbocycles. The molecule has 0 saturated carbocycles. The lowest BCUT2D eigenvalue weighted by molar-refractivity contribution is 0.747. The number of hydrogen-bond donors (Lipinski definition) is 3. The van der Waals surface area contributed by atoms with Crippen molar-refractivity contribution in [3.8, 4) is 0 Å². The van der Waals surface area contributed by atoms with Gasteiger partial charge in [-0.3, -0.25) is 10.1 Å². The van der Waals surface area contributed by atoms with Crippen molar-refractivity contribution in [1.82, 2.24) is 24.7 Å². The maximum Gasteiger partial charge on any atom is 0.240 e. The number of rotatable bonds is 4. The van der Waals surface area contributed by atoms with Crippen molar-refractivity contribution in [2.45, 2.75) is 6.54 Å². The molecule has 0 spiro atoms. The van der Waals surface area contributed by atoms with Gasteiger partial charge in [0, 0.05) is 7.05 Å². The van der Waals surface area contributed by atoms with Gasteiger partial charge in [0.1, 0.15) is 17.0 Å². The summed E-state index contributed by atoms with van der Waals surface area (Å²) in [6.07, 6.45) is 1.66. The molecule has 0 bridgehead atoms. The van der Waals surface area contributed by atoms with Crippen molar-refractivity contribution in [3.05, 3.63) is 23.6 Å². The van der Waals surface area contributed by atoms with Gasteiger partial charge in [0.2, 0.25) is 5.95 Å². The minimum Gasteiger partial charge on any atom is -0.362 e. The third kappa shape index (κ3) is 2.33. The summed E-state index contributed by atoms with van der Waals surface area (Å²) in [6.45, 7) is 0.493. The van der Waals surface area contributed by atoms with Gasteiger partial charge in [-0.25, -0.2) is 15.8 Å². The number of aryl methyl sites for hydroxylation is 1. The summed E-state index contributed by atoms with van der Waals surface area (Å²) in [5.41, 5.74) is 2.46. The number of anilines is 2. The van der Waals surface area contributed by atoms with Crippen LogP contribution in [0.4, 0.5) is 11.8 Å². The van der Waals surface area contributed by atoms with Crippen molar-refractivity contribution in [1.29, 1.82) is 0 Å².